The van der Waals surface area contributed by atoms with Crippen LogP contribution in [0.4, 0.5) is 0 Å². The number of carbonyl (C=O) groups is 1. The van der Waals surface area contributed by atoms with Gasteiger partial charge < -0.3 is 4.90 Å². The van der Waals surface area contributed by atoms with Gasteiger partial charge in [-0.15, -0.1) is 0 Å². The van der Waals surface area contributed by atoms with Gasteiger partial charge in [-0.2, -0.15) is 5.10 Å². The Balaban J connectivity index is 1.86. The second kappa shape index (κ2) is 5.58. The molecule has 0 saturated heterocycles. The zero-order valence-corrected chi connectivity index (χ0v) is 12.3. The summed E-state index contributed by atoms with van der Waals surface area (Å²) in [7, 11) is 1.75. The van der Waals surface area contributed by atoms with E-state index in [9.17, 15) is 4.79 Å². The molecule has 0 aliphatic heterocycles. The number of carbonyl (C=O) groups excluding carboxylic acids is 1. The van der Waals surface area contributed by atoms with Crippen LogP contribution >= 0.6 is 11.6 Å². The molecule has 2 aromatic carbocycles. The Kier molecular flexibility index (Phi) is 3.62. The molecular weight excluding hydrogens is 286 g/mol. The average molecular weight is 300 g/mol. The van der Waals surface area contributed by atoms with E-state index in [0.29, 0.717) is 17.3 Å². The minimum absolute atomic E-state index is 0.132. The number of aromatic amines is 1. The molecule has 1 amide bonds. The highest BCUT2D eigenvalue weighted by molar-refractivity contribution is 6.31. The van der Waals surface area contributed by atoms with E-state index in [4.69, 9.17) is 11.6 Å². The molecule has 0 radical (unpaired) electrons. The van der Waals surface area contributed by atoms with Gasteiger partial charge in [0.05, 0.1) is 5.52 Å². The highest BCUT2D eigenvalue weighted by Gasteiger charge is 2.18. The lowest BCUT2D eigenvalue weighted by Crippen LogP contribution is -2.26. The minimum atomic E-state index is -0.132. The van der Waals surface area contributed by atoms with Crippen molar-refractivity contribution in [3.8, 4) is 0 Å². The first-order valence-corrected chi connectivity index (χ1v) is 6.96. The number of benzene rings is 2. The fraction of sp³-hybridized carbons (Fsp3) is 0.125. The lowest BCUT2D eigenvalue weighted by atomic mass is 10.1. The number of rotatable bonds is 3. The number of fused-ring (bicyclic) bond motifs is 1. The summed E-state index contributed by atoms with van der Waals surface area (Å²) in [4.78, 5) is 14.2. The summed E-state index contributed by atoms with van der Waals surface area (Å²) in [6.45, 7) is 0.444. The molecule has 3 aromatic rings. The maximum absolute atomic E-state index is 12.5. The van der Waals surface area contributed by atoms with Crippen molar-refractivity contribution < 1.29 is 4.79 Å². The van der Waals surface area contributed by atoms with Crippen molar-refractivity contribution in [2.24, 2.45) is 0 Å². The molecule has 0 unspecified atom stereocenters. The molecule has 0 atom stereocenters. The van der Waals surface area contributed by atoms with Crippen LogP contribution in [0.1, 0.15) is 16.1 Å². The Bertz CT molecular complexity index is 797. The van der Waals surface area contributed by atoms with E-state index in [-0.39, 0.29) is 5.91 Å². The number of nitrogens with one attached hydrogen (secondary N) is 1. The molecule has 1 heterocycles. The number of amides is 1. The number of hydrogen-bond acceptors (Lipinski definition) is 2. The molecule has 4 nitrogen and oxygen atoms in total. The lowest BCUT2D eigenvalue weighted by Gasteiger charge is -2.17. The van der Waals surface area contributed by atoms with E-state index in [1.54, 1.807) is 11.9 Å². The summed E-state index contributed by atoms with van der Waals surface area (Å²) in [5, 5.41) is 8.49. The SMILES string of the molecule is CN(Cc1ccccc1Cl)C(=O)c1n[nH]c2ccccc12. The Morgan fingerprint density at radius 2 is 1.90 bits per heavy atom. The highest BCUT2D eigenvalue weighted by atomic mass is 35.5. The number of H-pyrrole nitrogens is 1. The number of nitrogens with zero attached hydrogens (tertiary/aromatic N) is 2. The van der Waals surface area contributed by atoms with E-state index >= 15 is 0 Å². The fourth-order valence-electron chi connectivity index (χ4n) is 2.26. The van der Waals surface area contributed by atoms with E-state index in [1.807, 2.05) is 48.5 Å². The maximum atomic E-state index is 12.5. The second-order valence-corrected chi connectivity index (χ2v) is 5.28. The van der Waals surface area contributed by atoms with Crippen LogP contribution in [0.5, 0.6) is 0 Å². The monoisotopic (exact) mass is 299 g/mol. The molecular formula is C16H14ClN3O. The molecule has 1 aromatic heterocycles. The van der Waals surface area contributed by atoms with Crippen molar-refractivity contribution in [3.63, 3.8) is 0 Å². The van der Waals surface area contributed by atoms with E-state index in [2.05, 4.69) is 10.2 Å². The molecule has 1 N–H and O–H groups in total. The summed E-state index contributed by atoms with van der Waals surface area (Å²) in [6, 6.07) is 15.1. The van der Waals surface area contributed by atoms with Crippen LogP contribution in [0.15, 0.2) is 48.5 Å². The van der Waals surface area contributed by atoms with Crippen LogP contribution in [0.3, 0.4) is 0 Å². The third kappa shape index (κ3) is 2.62. The van der Waals surface area contributed by atoms with Gasteiger partial charge in [-0.1, -0.05) is 48.0 Å². The van der Waals surface area contributed by atoms with Crippen LogP contribution in [0.25, 0.3) is 10.9 Å². The molecule has 0 spiro atoms. The standard InChI is InChI=1S/C16H14ClN3O/c1-20(10-11-6-2-4-8-13(11)17)16(21)15-12-7-3-5-9-14(12)18-19-15/h2-9H,10H2,1H3,(H,18,19). The van der Waals surface area contributed by atoms with E-state index < -0.39 is 0 Å². The summed E-state index contributed by atoms with van der Waals surface area (Å²) < 4.78 is 0. The number of para-hydroxylation sites is 1. The number of halogens is 1. The van der Waals surface area contributed by atoms with Gasteiger partial charge in [-0.3, -0.25) is 9.89 Å². The van der Waals surface area contributed by atoms with Gasteiger partial charge >= 0.3 is 0 Å². The smallest absolute Gasteiger partial charge is 0.275 e. The molecule has 0 saturated carbocycles. The van der Waals surface area contributed by atoms with Crippen molar-refractivity contribution in [1.29, 1.82) is 0 Å². The molecule has 106 valence electrons. The van der Waals surface area contributed by atoms with Gasteiger partial charge in [0.25, 0.3) is 5.91 Å². The summed E-state index contributed by atoms with van der Waals surface area (Å²) >= 11 is 6.13. The minimum Gasteiger partial charge on any atom is -0.336 e. The zero-order chi connectivity index (χ0) is 14.8. The van der Waals surface area contributed by atoms with Crippen molar-refractivity contribution in [2.45, 2.75) is 6.54 Å². The normalized spacial score (nSPS) is 10.8. The second-order valence-electron chi connectivity index (χ2n) is 4.87. The number of aromatic nitrogens is 2. The van der Waals surface area contributed by atoms with Crippen LogP contribution in [-0.2, 0) is 6.54 Å². The first-order valence-electron chi connectivity index (χ1n) is 6.59. The molecule has 0 aliphatic carbocycles. The largest absolute Gasteiger partial charge is 0.336 e. The summed E-state index contributed by atoms with van der Waals surface area (Å²) in [6.07, 6.45) is 0. The molecule has 0 bridgehead atoms. The van der Waals surface area contributed by atoms with E-state index in [1.165, 1.54) is 0 Å². The third-order valence-electron chi connectivity index (χ3n) is 3.38. The average Bonchev–Trinajstić information content (AvgIpc) is 2.92. The zero-order valence-electron chi connectivity index (χ0n) is 11.5. The van der Waals surface area contributed by atoms with Crippen LogP contribution in [0.2, 0.25) is 5.02 Å². The topological polar surface area (TPSA) is 49.0 Å². The van der Waals surface area contributed by atoms with Gasteiger partial charge in [-0.25, -0.2) is 0 Å². The summed E-state index contributed by atoms with van der Waals surface area (Å²) in [5.74, 6) is -0.132. The van der Waals surface area contributed by atoms with Crippen LogP contribution in [-0.4, -0.2) is 28.1 Å². The lowest BCUT2D eigenvalue weighted by molar-refractivity contribution is 0.0781. The van der Waals surface area contributed by atoms with Gasteiger partial charge in [0.2, 0.25) is 0 Å². The fourth-order valence-corrected chi connectivity index (χ4v) is 2.46. The maximum Gasteiger partial charge on any atom is 0.275 e. The Hall–Kier alpha value is -2.33. The Morgan fingerprint density at radius 1 is 1.19 bits per heavy atom. The molecule has 0 aliphatic rings. The predicted octanol–water partition coefficient (Wildman–Crippen LogP) is 3.49. The van der Waals surface area contributed by atoms with Crippen molar-refractivity contribution in [2.75, 3.05) is 7.05 Å². The van der Waals surface area contributed by atoms with Crippen molar-refractivity contribution >= 4 is 28.4 Å². The third-order valence-corrected chi connectivity index (χ3v) is 3.75. The number of hydrogen-bond donors (Lipinski definition) is 1. The molecule has 21 heavy (non-hydrogen) atoms. The quantitative estimate of drug-likeness (QED) is 0.805. The predicted molar refractivity (Wildman–Crippen MR) is 83.3 cm³/mol. The first kappa shape index (κ1) is 13.6. The van der Waals surface area contributed by atoms with Crippen LogP contribution < -0.4 is 0 Å². The highest BCUT2D eigenvalue weighted by Crippen LogP contribution is 2.20. The molecule has 0 fully saturated rings. The van der Waals surface area contributed by atoms with E-state index in [0.717, 1.165) is 16.5 Å². The van der Waals surface area contributed by atoms with Gasteiger partial charge in [0.1, 0.15) is 0 Å². The molecule has 5 heteroatoms. The van der Waals surface area contributed by atoms with Crippen LogP contribution in [0, 0.1) is 0 Å². The van der Waals surface area contributed by atoms with Gasteiger partial charge in [0, 0.05) is 24.0 Å². The van der Waals surface area contributed by atoms with Gasteiger partial charge in [-0.05, 0) is 17.7 Å². The van der Waals surface area contributed by atoms with Gasteiger partial charge in [0.15, 0.2) is 5.69 Å². The summed E-state index contributed by atoms with van der Waals surface area (Å²) in [5.41, 5.74) is 2.20. The first-order chi connectivity index (χ1) is 10.2. The molecule has 3 rings (SSSR count). The van der Waals surface area contributed by atoms with Crippen molar-refractivity contribution in [3.05, 3.63) is 64.8 Å². The van der Waals surface area contributed by atoms with Crippen molar-refractivity contribution in [1.82, 2.24) is 15.1 Å². The Labute approximate surface area is 127 Å². The Morgan fingerprint density at radius 3 is 2.71 bits per heavy atom.